The second-order valence-corrected chi connectivity index (χ2v) is 3.61. The second kappa shape index (κ2) is 3.11. The molecule has 0 saturated carbocycles. The van der Waals surface area contributed by atoms with E-state index >= 15 is 0 Å². The highest BCUT2D eigenvalue weighted by atomic mass is 16.6. The minimum atomic E-state index is 0.410. The topological polar surface area (TPSA) is 18.5 Å². The van der Waals surface area contributed by atoms with E-state index in [9.17, 15) is 0 Å². The van der Waals surface area contributed by atoms with E-state index in [4.69, 9.17) is 9.47 Å². The van der Waals surface area contributed by atoms with Gasteiger partial charge < -0.3 is 9.47 Å². The molecule has 2 aliphatic rings. The quantitative estimate of drug-likeness (QED) is 0.532. The molecule has 64 valence electrons. The number of hydrogen-bond donors (Lipinski definition) is 0. The van der Waals surface area contributed by atoms with Crippen LogP contribution in [0.5, 0.6) is 0 Å². The fraction of sp³-hybridized carbons (Fsp3) is 1.00. The summed E-state index contributed by atoms with van der Waals surface area (Å²) in [6.45, 7) is 3.07. The van der Waals surface area contributed by atoms with Gasteiger partial charge in [0, 0.05) is 6.61 Å². The molecule has 0 radical (unpaired) electrons. The Bertz CT molecular complexity index is 136. The molecule has 2 fully saturated rings. The van der Waals surface area contributed by atoms with Crippen molar-refractivity contribution in [3.8, 4) is 0 Å². The first-order valence-corrected chi connectivity index (χ1v) is 4.63. The van der Waals surface area contributed by atoms with Crippen LogP contribution in [0.2, 0.25) is 0 Å². The van der Waals surface area contributed by atoms with Crippen LogP contribution in [0.25, 0.3) is 0 Å². The molecule has 11 heavy (non-hydrogen) atoms. The van der Waals surface area contributed by atoms with Gasteiger partial charge in [0.2, 0.25) is 0 Å². The third-order valence-electron chi connectivity index (χ3n) is 2.66. The van der Waals surface area contributed by atoms with Crippen LogP contribution in [-0.2, 0) is 9.47 Å². The second-order valence-electron chi connectivity index (χ2n) is 3.61. The molecule has 0 aromatic carbocycles. The highest BCUT2D eigenvalue weighted by molar-refractivity contribution is 4.80. The number of ether oxygens (including phenoxy) is 2. The average molecular weight is 156 g/mol. The van der Waals surface area contributed by atoms with E-state index in [2.05, 4.69) is 6.92 Å². The van der Waals surface area contributed by atoms with E-state index in [0.717, 1.165) is 13.0 Å². The largest absolute Gasteiger partial charge is 0.375 e. The summed E-state index contributed by atoms with van der Waals surface area (Å²) in [4.78, 5) is 0. The maximum absolute atomic E-state index is 5.81. The molecule has 2 heteroatoms. The minimum absolute atomic E-state index is 0.410. The Morgan fingerprint density at radius 2 is 2.00 bits per heavy atom. The zero-order valence-electron chi connectivity index (χ0n) is 7.08. The van der Waals surface area contributed by atoms with Crippen molar-refractivity contribution in [3.05, 3.63) is 0 Å². The Balaban J connectivity index is 1.98. The van der Waals surface area contributed by atoms with Crippen LogP contribution in [0, 0.1) is 0 Å². The van der Waals surface area contributed by atoms with Crippen molar-refractivity contribution in [2.75, 3.05) is 6.61 Å². The Hall–Kier alpha value is -0.0800. The summed E-state index contributed by atoms with van der Waals surface area (Å²) < 4.78 is 11.4. The van der Waals surface area contributed by atoms with Crippen molar-refractivity contribution in [3.63, 3.8) is 0 Å². The van der Waals surface area contributed by atoms with Crippen molar-refractivity contribution in [2.24, 2.45) is 0 Å². The lowest BCUT2D eigenvalue weighted by molar-refractivity contribution is -0.0305. The Morgan fingerprint density at radius 3 is 2.91 bits per heavy atom. The molecule has 0 aromatic heterocycles. The molecular weight excluding hydrogens is 140 g/mol. The summed E-state index contributed by atoms with van der Waals surface area (Å²) in [6, 6.07) is 0. The zero-order chi connectivity index (χ0) is 7.68. The molecule has 0 amide bonds. The third-order valence-corrected chi connectivity index (χ3v) is 2.66. The highest BCUT2D eigenvalue weighted by Crippen LogP contribution is 2.27. The molecule has 0 spiro atoms. The van der Waals surface area contributed by atoms with Gasteiger partial charge in [-0.2, -0.15) is 0 Å². The van der Waals surface area contributed by atoms with Gasteiger partial charge in [0.15, 0.2) is 0 Å². The van der Waals surface area contributed by atoms with Gasteiger partial charge in [0.1, 0.15) is 0 Å². The van der Waals surface area contributed by atoms with Crippen molar-refractivity contribution >= 4 is 0 Å². The lowest BCUT2D eigenvalue weighted by Gasteiger charge is -2.17. The van der Waals surface area contributed by atoms with E-state index in [1.165, 1.54) is 19.3 Å². The zero-order valence-corrected chi connectivity index (χ0v) is 7.08. The van der Waals surface area contributed by atoms with E-state index in [1.807, 2.05) is 0 Å². The van der Waals surface area contributed by atoms with Gasteiger partial charge in [-0.05, 0) is 32.6 Å². The smallest absolute Gasteiger partial charge is 0.0862 e. The first kappa shape index (κ1) is 7.56. The lowest BCUT2D eigenvalue weighted by atomic mass is 10.1. The maximum Gasteiger partial charge on any atom is 0.0862 e. The van der Waals surface area contributed by atoms with Crippen LogP contribution >= 0.6 is 0 Å². The summed E-state index contributed by atoms with van der Waals surface area (Å²) in [5.74, 6) is 0. The van der Waals surface area contributed by atoms with Crippen molar-refractivity contribution in [2.45, 2.75) is 50.9 Å². The summed E-state index contributed by atoms with van der Waals surface area (Å²) in [7, 11) is 0. The normalized spacial score (nSPS) is 45.0. The number of rotatable bonds is 0. The maximum atomic E-state index is 5.81. The molecule has 3 unspecified atom stereocenters. The van der Waals surface area contributed by atoms with E-state index in [1.54, 1.807) is 0 Å². The van der Waals surface area contributed by atoms with Crippen molar-refractivity contribution in [1.29, 1.82) is 0 Å². The van der Waals surface area contributed by atoms with Gasteiger partial charge in [-0.3, -0.25) is 0 Å². The molecule has 2 nitrogen and oxygen atoms in total. The summed E-state index contributed by atoms with van der Waals surface area (Å²) >= 11 is 0. The molecular formula is C9H16O2. The molecule has 2 rings (SSSR count). The van der Waals surface area contributed by atoms with Gasteiger partial charge in [0.05, 0.1) is 18.3 Å². The van der Waals surface area contributed by atoms with Gasteiger partial charge in [-0.15, -0.1) is 0 Å². The van der Waals surface area contributed by atoms with Crippen molar-refractivity contribution < 1.29 is 9.47 Å². The molecule has 0 bridgehead atoms. The van der Waals surface area contributed by atoms with E-state index in [-0.39, 0.29) is 0 Å². The van der Waals surface area contributed by atoms with Gasteiger partial charge in [-0.25, -0.2) is 0 Å². The van der Waals surface area contributed by atoms with Crippen LogP contribution in [-0.4, -0.2) is 24.9 Å². The molecule has 2 aliphatic heterocycles. The highest BCUT2D eigenvalue weighted by Gasteiger charge is 2.32. The van der Waals surface area contributed by atoms with Crippen LogP contribution < -0.4 is 0 Å². The van der Waals surface area contributed by atoms with Crippen molar-refractivity contribution in [1.82, 2.24) is 0 Å². The summed E-state index contributed by atoms with van der Waals surface area (Å²) in [5.41, 5.74) is 0. The summed E-state index contributed by atoms with van der Waals surface area (Å²) in [5, 5.41) is 0. The molecule has 0 aliphatic carbocycles. The Labute approximate surface area is 67.9 Å². The SMILES string of the molecule is CC1CCCC2OCCC2O1. The van der Waals surface area contributed by atoms with E-state index < -0.39 is 0 Å². The molecule has 0 aromatic rings. The van der Waals surface area contributed by atoms with Gasteiger partial charge >= 0.3 is 0 Å². The van der Waals surface area contributed by atoms with Crippen LogP contribution in [0.15, 0.2) is 0 Å². The third kappa shape index (κ3) is 1.57. The monoisotopic (exact) mass is 156 g/mol. The molecule has 0 N–H and O–H groups in total. The van der Waals surface area contributed by atoms with Gasteiger partial charge in [-0.1, -0.05) is 0 Å². The predicted octanol–water partition coefficient (Wildman–Crippen LogP) is 1.73. The lowest BCUT2D eigenvalue weighted by Crippen LogP contribution is -2.24. The first-order chi connectivity index (χ1) is 5.36. The Kier molecular flexibility index (Phi) is 2.14. The summed E-state index contributed by atoms with van der Waals surface area (Å²) in [6.07, 6.45) is 6.06. The first-order valence-electron chi connectivity index (χ1n) is 4.63. The van der Waals surface area contributed by atoms with Crippen LogP contribution in [0.4, 0.5) is 0 Å². The molecule has 2 heterocycles. The predicted molar refractivity (Wildman–Crippen MR) is 42.5 cm³/mol. The molecule has 2 saturated heterocycles. The number of hydrogen-bond acceptors (Lipinski definition) is 2. The fourth-order valence-corrected chi connectivity index (χ4v) is 2.03. The van der Waals surface area contributed by atoms with Crippen LogP contribution in [0.1, 0.15) is 32.6 Å². The standard InChI is InChI=1S/C9H16O2/c1-7-3-2-4-8-9(11-7)5-6-10-8/h7-9H,2-6H2,1H3. The average Bonchev–Trinajstić information content (AvgIpc) is 2.31. The minimum Gasteiger partial charge on any atom is -0.375 e. The van der Waals surface area contributed by atoms with Crippen LogP contribution in [0.3, 0.4) is 0 Å². The fourth-order valence-electron chi connectivity index (χ4n) is 2.03. The molecule has 3 atom stereocenters. The van der Waals surface area contributed by atoms with Gasteiger partial charge in [0.25, 0.3) is 0 Å². The number of fused-ring (bicyclic) bond motifs is 1. The van der Waals surface area contributed by atoms with E-state index in [0.29, 0.717) is 18.3 Å². The Morgan fingerprint density at radius 1 is 1.09 bits per heavy atom.